The van der Waals surface area contributed by atoms with Gasteiger partial charge in [-0.15, -0.1) is 0 Å². The molecule has 0 spiro atoms. The summed E-state index contributed by atoms with van der Waals surface area (Å²) in [6.07, 6.45) is 8.56. The standard InChI is InChI=1S/C88H71N13/c1-86(2,3)53-27-33-58-62(45-53)82-94-78(58)96-83-64-47-55(88(7,8)9)29-35-60(64)80(98-83)100-85-65-48-57(32-36-61(65)81(101-85)99-84-63-46-54(87(4,5)6)28-34-59(63)79(95-82)97-84)89-56-30-25-52(26-31-56)77-72-43-41-70(92-72)75(50-21-15-11-16-22-50)68-39-37-66(90-68)74(49-19-13-10-14-20-49)67-38-40-69(91-67)76(51-23-17-12-18-24-51)71-42-44-73(77)93-71/h10-48,89-90,93H,1-9H3,(H2,94,95,96,97,98,99,100,101). The Morgan fingerprint density at radius 3 is 0.980 bits per heavy atom. The van der Waals surface area contributed by atoms with Crippen molar-refractivity contribution in [2.24, 2.45) is 0 Å². The maximum Gasteiger partial charge on any atom is 0.164 e. The largest absolute Gasteiger partial charge is 0.356 e. The molecule has 10 heterocycles. The van der Waals surface area contributed by atoms with Gasteiger partial charge in [0.25, 0.3) is 0 Å². The Balaban J connectivity index is 0.812. The number of rotatable bonds is 6. The second kappa shape index (κ2) is 23.1. The molecule has 4 aliphatic rings. The van der Waals surface area contributed by atoms with Crippen molar-refractivity contribution in [1.82, 2.24) is 59.8 Å². The van der Waals surface area contributed by atoms with E-state index >= 15 is 0 Å². The number of aromatic nitrogens is 12. The van der Waals surface area contributed by atoms with Crippen LogP contribution in [0.3, 0.4) is 0 Å². The van der Waals surface area contributed by atoms with Crippen molar-refractivity contribution < 1.29 is 0 Å². The Bertz CT molecular complexity index is 6150. The lowest BCUT2D eigenvalue weighted by Crippen LogP contribution is -2.10. The lowest BCUT2D eigenvalue weighted by atomic mass is 9.85. The number of H-pyrrole nitrogens is 4. The van der Waals surface area contributed by atoms with Crippen LogP contribution >= 0.6 is 0 Å². The molecule has 0 unspecified atom stereocenters. The predicted molar refractivity (Wildman–Crippen MR) is 416 cm³/mol. The van der Waals surface area contributed by atoms with Crippen LogP contribution in [-0.4, -0.2) is 59.8 Å². The molecule has 0 amide bonds. The molecular formula is C88H71N13. The van der Waals surface area contributed by atoms with Crippen LogP contribution in [-0.2, 0) is 16.2 Å². The van der Waals surface area contributed by atoms with E-state index in [9.17, 15) is 0 Å². The summed E-state index contributed by atoms with van der Waals surface area (Å²) in [5.41, 5.74) is 26.2. The first-order valence-corrected chi connectivity index (χ1v) is 34.5. The van der Waals surface area contributed by atoms with Crippen molar-refractivity contribution in [1.29, 1.82) is 0 Å². The molecule has 13 heteroatoms. The van der Waals surface area contributed by atoms with Crippen LogP contribution in [0.1, 0.15) is 102 Å². The highest BCUT2D eigenvalue weighted by Crippen LogP contribution is 2.44. The molecule has 14 aromatic rings. The SMILES string of the molecule is CC(C)(C)c1ccc2c(c1)-c1nc-2nc2[nH]c(nc3nc(nc4[nH]c(n1)c1ccc(Nc5ccc(-c6c7nc(c(-c8ccccc8)c8ccc([nH]8)c(-c8ccccc8)c8nc(c(-c9ccccc9)c9ccc6[nH]9)C=C8)C=C7)cc5)cc41)-c1ccc(C(C)(C)C)cc1-3)c1ccc(C(C)(C)C)cc21. The number of anilines is 2. The summed E-state index contributed by atoms with van der Waals surface area (Å²) >= 11 is 0. The molecule has 0 radical (unpaired) electrons. The van der Waals surface area contributed by atoms with Gasteiger partial charge in [0, 0.05) is 99.5 Å². The first kappa shape index (κ1) is 60.9. The van der Waals surface area contributed by atoms with E-state index in [0.29, 0.717) is 45.9 Å². The fourth-order valence-electron chi connectivity index (χ4n) is 14.4. The number of fused-ring (bicyclic) bond motifs is 28. The monoisotopic (exact) mass is 1310 g/mol. The number of nitrogens with zero attached hydrogens (tertiary/aromatic N) is 8. The smallest absolute Gasteiger partial charge is 0.164 e. The summed E-state index contributed by atoms with van der Waals surface area (Å²) in [5, 5.41) is 7.38. The van der Waals surface area contributed by atoms with Gasteiger partial charge in [-0.1, -0.05) is 202 Å². The Morgan fingerprint density at radius 2 is 0.584 bits per heavy atom. The van der Waals surface area contributed by atoms with E-state index in [1.807, 2.05) is 0 Å². The summed E-state index contributed by atoms with van der Waals surface area (Å²) < 4.78 is 0. The van der Waals surface area contributed by atoms with Crippen LogP contribution in [0, 0.1) is 0 Å². The highest BCUT2D eigenvalue weighted by atomic mass is 15.1. The molecule has 488 valence electrons. The van der Waals surface area contributed by atoms with Crippen molar-refractivity contribution >= 4 is 102 Å². The summed E-state index contributed by atoms with van der Waals surface area (Å²) in [6.45, 7) is 20.1. The van der Waals surface area contributed by atoms with E-state index in [2.05, 4.69) is 324 Å². The van der Waals surface area contributed by atoms with Crippen LogP contribution in [0.4, 0.5) is 11.4 Å². The minimum Gasteiger partial charge on any atom is -0.356 e. The van der Waals surface area contributed by atoms with Crippen LogP contribution in [0.25, 0.3) is 181 Å². The third-order valence-corrected chi connectivity index (χ3v) is 19.8. The Morgan fingerprint density at radius 1 is 0.257 bits per heavy atom. The molecule has 5 N–H and O–H groups in total. The van der Waals surface area contributed by atoms with Crippen LogP contribution in [0.5, 0.6) is 0 Å². The summed E-state index contributed by atoms with van der Waals surface area (Å²) in [4.78, 5) is 58.7. The Kier molecular flexibility index (Phi) is 13.9. The Hall–Kier alpha value is -12.5. The van der Waals surface area contributed by atoms with Gasteiger partial charge < -0.3 is 25.3 Å². The third-order valence-electron chi connectivity index (χ3n) is 19.8. The average molecular weight is 1310 g/mol. The molecular weight excluding hydrogens is 1240 g/mol. The van der Waals surface area contributed by atoms with Crippen molar-refractivity contribution in [3.63, 3.8) is 0 Å². The maximum atomic E-state index is 5.58. The molecule has 6 aromatic heterocycles. The highest BCUT2D eigenvalue weighted by molar-refractivity contribution is 6.08. The molecule has 101 heavy (non-hydrogen) atoms. The average Bonchev–Trinajstić information content (AvgIpc) is 1.61. The zero-order chi connectivity index (χ0) is 68.6. The normalized spacial score (nSPS) is 12.7. The molecule has 0 atom stereocenters. The summed E-state index contributed by atoms with van der Waals surface area (Å²) in [7, 11) is 0. The van der Waals surface area contributed by atoms with Crippen LogP contribution in [0.15, 0.2) is 212 Å². The number of aromatic amines is 4. The quantitative estimate of drug-likeness (QED) is 0.108. The fraction of sp³-hybridized carbons (Fsp3) is 0.136. The molecule has 13 nitrogen and oxygen atoms in total. The zero-order valence-corrected chi connectivity index (χ0v) is 57.6. The fourth-order valence-corrected chi connectivity index (χ4v) is 14.4. The summed E-state index contributed by atoms with van der Waals surface area (Å²) in [5.74, 6) is 2.21. The van der Waals surface area contributed by atoms with E-state index in [1.165, 1.54) is 16.7 Å². The first-order valence-electron chi connectivity index (χ1n) is 34.5. The van der Waals surface area contributed by atoms with Gasteiger partial charge in [0.1, 0.15) is 22.6 Å². The minimum atomic E-state index is -0.142. The highest BCUT2D eigenvalue weighted by Gasteiger charge is 2.28. The number of benzene rings is 8. The summed E-state index contributed by atoms with van der Waals surface area (Å²) in [6, 6.07) is 74.8. The molecule has 4 aliphatic heterocycles. The second-order valence-corrected chi connectivity index (χ2v) is 29.7. The van der Waals surface area contributed by atoms with Gasteiger partial charge in [-0.05, 0) is 152 Å². The maximum absolute atomic E-state index is 5.58. The van der Waals surface area contributed by atoms with Crippen molar-refractivity contribution in [3.8, 4) is 90.1 Å². The second-order valence-electron chi connectivity index (χ2n) is 29.7. The molecule has 0 aliphatic carbocycles. The minimum absolute atomic E-state index is 0.116. The predicted octanol–water partition coefficient (Wildman–Crippen LogP) is 22.1. The molecule has 0 saturated carbocycles. The van der Waals surface area contributed by atoms with E-state index in [1.54, 1.807) is 0 Å². The van der Waals surface area contributed by atoms with Gasteiger partial charge in [-0.2, -0.15) is 0 Å². The van der Waals surface area contributed by atoms with E-state index in [0.717, 1.165) is 145 Å². The van der Waals surface area contributed by atoms with Gasteiger partial charge >= 0.3 is 0 Å². The first-order chi connectivity index (χ1) is 48.9. The van der Waals surface area contributed by atoms with E-state index < -0.39 is 0 Å². The molecule has 18 rings (SSSR count). The van der Waals surface area contributed by atoms with Crippen molar-refractivity contribution in [2.45, 2.75) is 78.6 Å². The molecule has 0 saturated heterocycles. The van der Waals surface area contributed by atoms with Crippen LogP contribution < -0.4 is 5.32 Å². The lowest BCUT2D eigenvalue weighted by molar-refractivity contribution is 0.590. The van der Waals surface area contributed by atoms with Gasteiger partial charge in [0.2, 0.25) is 0 Å². The van der Waals surface area contributed by atoms with Gasteiger partial charge in [0.15, 0.2) is 23.3 Å². The zero-order valence-electron chi connectivity index (χ0n) is 57.6. The van der Waals surface area contributed by atoms with Crippen molar-refractivity contribution in [2.75, 3.05) is 5.32 Å². The third kappa shape index (κ3) is 10.8. The molecule has 16 bridgehead atoms. The number of hydrogen-bond acceptors (Lipinski definition) is 9. The van der Waals surface area contributed by atoms with E-state index in [4.69, 9.17) is 39.9 Å². The van der Waals surface area contributed by atoms with E-state index in [-0.39, 0.29) is 16.2 Å². The Labute approximate surface area is 584 Å². The number of hydrogen-bond donors (Lipinski definition) is 5. The van der Waals surface area contributed by atoms with Gasteiger partial charge in [0.05, 0.1) is 22.8 Å². The van der Waals surface area contributed by atoms with Crippen LogP contribution in [0.2, 0.25) is 0 Å². The van der Waals surface area contributed by atoms with Gasteiger partial charge in [-0.25, -0.2) is 39.9 Å². The van der Waals surface area contributed by atoms with Crippen molar-refractivity contribution in [3.05, 3.63) is 252 Å². The topological polar surface area (TPSA) is 178 Å². The van der Waals surface area contributed by atoms with Gasteiger partial charge in [-0.3, -0.25) is 0 Å². The molecule has 0 fully saturated rings. The number of nitrogens with one attached hydrogen (secondary N) is 5. The lowest BCUT2D eigenvalue weighted by Gasteiger charge is -2.19. The molecule has 8 aromatic carbocycles.